The Hall–Kier alpha value is -1.98. The van der Waals surface area contributed by atoms with Crippen molar-refractivity contribution in [2.24, 2.45) is 0 Å². The van der Waals surface area contributed by atoms with Gasteiger partial charge in [-0.25, -0.2) is 4.98 Å². The quantitative estimate of drug-likeness (QED) is 0.553. The largest absolute Gasteiger partial charge is 0.306 e. The van der Waals surface area contributed by atoms with Gasteiger partial charge in [0.1, 0.15) is 10.7 Å². The van der Waals surface area contributed by atoms with Crippen LogP contribution in [0.15, 0.2) is 29.1 Å². The Balaban J connectivity index is 1.89. The number of hydrogen-bond acceptors (Lipinski definition) is 4. The minimum absolute atomic E-state index is 0.113. The Kier molecular flexibility index (Phi) is 5.62. The molecule has 0 radical (unpaired) electrons. The number of fused-ring (bicyclic) bond motifs is 1. The zero-order valence-electron chi connectivity index (χ0n) is 19.1. The lowest BCUT2D eigenvalue weighted by molar-refractivity contribution is 0.216. The summed E-state index contributed by atoms with van der Waals surface area (Å²) in [7, 11) is 2.15. The number of nitrogens with zero attached hydrogens (tertiary/aromatic N) is 3. The maximum Gasteiger partial charge on any atom is 0.263 e. The van der Waals surface area contributed by atoms with Crippen LogP contribution in [-0.4, -0.2) is 34.6 Å². The molecule has 0 atom stereocenters. The second kappa shape index (κ2) is 7.93. The van der Waals surface area contributed by atoms with Gasteiger partial charge in [-0.3, -0.25) is 9.36 Å². The van der Waals surface area contributed by atoms with Crippen LogP contribution >= 0.6 is 11.3 Å². The van der Waals surface area contributed by atoms with E-state index in [1.807, 2.05) is 11.5 Å². The van der Waals surface area contributed by atoms with Gasteiger partial charge in [-0.05, 0) is 62.9 Å². The third kappa shape index (κ3) is 3.74. The number of aryl methyl sites for hydroxylation is 2. The molecular formula is C25H33N3OS. The molecule has 1 aliphatic rings. The van der Waals surface area contributed by atoms with Crippen LogP contribution in [-0.2, 0) is 11.8 Å². The van der Waals surface area contributed by atoms with Crippen molar-refractivity contribution in [3.63, 3.8) is 0 Å². The number of aromatic nitrogens is 2. The Morgan fingerprint density at radius 2 is 1.77 bits per heavy atom. The van der Waals surface area contributed by atoms with Crippen molar-refractivity contribution in [2.75, 3.05) is 20.1 Å². The molecule has 0 N–H and O–H groups in total. The Morgan fingerprint density at radius 1 is 1.13 bits per heavy atom. The minimum atomic E-state index is 0.113. The Labute approximate surface area is 183 Å². The van der Waals surface area contributed by atoms with Crippen molar-refractivity contribution < 1.29 is 0 Å². The summed E-state index contributed by atoms with van der Waals surface area (Å²) in [5.41, 5.74) is 3.78. The molecule has 0 bridgehead atoms. The van der Waals surface area contributed by atoms with Gasteiger partial charge in [0.05, 0.1) is 5.39 Å². The van der Waals surface area contributed by atoms with Gasteiger partial charge < -0.3 is 4.90 Å². The molecule has 0 saturated carbocycles. The van der Waals surface area contributed by atoms with E-state index in [0.29, 0.717) is 0 Å². The molecule has 1 fully saturated rings. The first kappa shape index (κ1) is 21.3. The molecule has 4 nitrogen and oxygen atoms in total. The summed E-state index contributed by atoms with van der Waals surface area (Å²) in [6.07, 6.45) is 2.92. The standard InChI is InChI=1S/C25H33N3OS/c1-7-20-21(17-8-10-18(11-9-17)25(3,4)5)22-23(30-20)26-16(2)28(24(22)29)19-12-14-27(6)15-13-19/h8-11,19H,7,12-15H2,1-6H3. The smallest absolute Gasteiger partial charge is 0.263 e. The van der Waals surface area contributed by atoms with Crippen molar-refractivity contribution in [1.29, 1.82) is 0 Å². The maximum atomic E-state index is 13.8. The van der Waals surface area contributed by atoms with Crippen LogP contribution in [0, 0.1) is 6.92 Å². The fourth-order valence-corrected chi connectivity index (χ4v) is 5.75. The molecule has 1 aliphatic heterocycles. The van der Waals surface area contributed by atoms with Crippen molar-refractivity contribution in [3.05, 3.63) is 50.9 Å². The van der Waals surface area contributed by atoms with Gasteiger partial charge in [0, 0.05) is 16.5 Å². The normalized spacial score (nSPS) is 16.5. The van der Waals surface area contributed by atoms with Gasteiger partial charge in [0.15, 0.2) is 0 Å². The van der Waals surface area contributed by atoms with Gasteiger partial charge in [0.25, 0.3) is 5.56 Å². The van der Waals surface area contributed by atoms with E-state index in [2.05, 4.69) is 63.9 Å². The minimum Gasteiger partial charge on any atom is -0.306 e. The zero-order chi connectivity index (χ0) is 21.6. The number of hydrogen-bond donors (Lipinski definition) is 0. The zero-order valence-corrected chi connectivity index (χ0v) is 19.9. The average Bonchev–Trinajstić information content (AvgIpc) is 3.07. The van der Waals surface area contributed by atoms with E-state index in [4.69, 9.17) is 4.98 Å². The summed E-state index contributed by atoms with van der Waals surface area (Å²) in [6, 6.07) is 9.01. The fraction of sp³-hybridized carbons (Fsp3) is 0.520. The summed E-state index contributed by atoms with van der Waals surface area (Å²) < 4.78 is 1.98. The van der Waals surface area contributed by atoms with Crippen molar-refractivity contribution in [1.82, 2.24) is 14.5 Å². The highest BCUT2D eigenvalue weighted by Gasteiger charge is 2.25. The van der Waals surface area contributed by atoms with Gasteiger partial charge in [0.2, 0.25) is 0 Å². The second-order valence-electron chi connectivity index (χ2n) is 9.63. The summed E-state index contributed by atoms with van der Waals surface area (Å²) in [5, 5.41) is 0.810. The molecule has 160 valence electrons. The molecule has 5 heteroatoms. The third-order valence-electron chi connectivity index (χ3n) is 6.42. The monoisotopic (exact) mass is 423 g/mol. The SMILES string of the molecule is CCc1sc2nc(C)n(C3CCN(C)CC3)c(=O)c2c1-c1ccc(C(C)(C)C)cc1. The van der Waals surface area contributed by atoms with E-state index in [1.165, 1.54) is 10.4 Å². The first-order valence-corrected chi connectivity index (χ1v) is 11.9. The summed E-state index contributed by atoms with van der Waals surface area (Å²) in [4.78, 5) is 23.2. The topological polar surface area (TPSA) is 38.1 Å². The Bertz CT molecular complexity index is 1110. The maximum absolute atomic E-state index is 13.8. The molecule has 0 amide bonds. The number of thiophene rings is 1. The predicted octanol–water partition coefficient (Wildman–Crippen LogP) is 5.56. The molecule has 0 aliphatic carbocycles. The van der Waals surface area contributed by atoms with Crippen molar-refractivity contribution in [3.8, 4) is 11.1 Å². The number of rotatable bonds is 3. The van der Waals surface area contributed by atoms with Crippen LogP contribution in [0.5, 0.6) is 0 Å². The Morgan fingerprint density at radius 3 is 2.33 bits per heavy atom. The number of likely N-dealkylation sites (tertiary alicyclic amines) is 1. The van der Waals surface area contributed by atoms with E-state index >= 15 is 0 Å². The lowest BCUT2D eigenvalue weighted by atomic mass is 9.86. The second-order valence-corrected chi connectivity index (χ2v) is 10.7. The molecule has 30 heavy (non-hydrogen) atoms. The van der Waals surface area contributed by atoms with Gasteiger partial charge in [-0.15, -0.1) is 11.3 Å². The van der Waals surface area contributed by atoms with E-state index in [9.17, 15) is 4.79 Å². The summed E-state index contributed by atoms with van der Waals surface area (Å²) >= 11 is 1.68. The van der Waals surface area contributed by atoms with Crippen LogP contribution in [0.3, 0.4) is 0 Å². The van der Waals surface area contributed by atoms with Gasteiger partial charge in [-0.2, -0.15) is 0 Å². The van der Waals surface area contributed by atoms with Crippen LogP contribution in [0.2, 0.25) is 0 Å². The molecule has 1 aromatic carbocycles. The van der Waals surface area contributed by atoms with E-state index in [1.54, 1.807) is 11.3 Å². The molecule has 1 saturated heterocycles. The van der Waals surface area contributed by atoms with E-state index in [0.717, 1.165) is 59.5 Å². The third-order valence-corrected chi connectivity index (χ3v) is 7.65. The number of benzene rings is 1. The van der Waals surface area contributed by atoms with Crippen LogP contribution in [0.25, 0.3) is 21.3 Å². The first-order chi connectivity index (χ1) is 14.2. The molecule has 0 unspecified atom stereocenters. The number of piperidine rings is 1. The highest BCUT2D eigenvalue weighted by molar-refractivity contribution is 7.19. The molecular weight excluding hydrogens is 390 g/mol. The van der Waals surface area contributed by atoms with Gasteiger partial charge >= 0.3 is 0 Å². The summed E-state index contributed by atoms with van der Waals surface area (Å²) in [6.45, 7) is 12.9. The van der Waals surface area contributed by atoms with Crippen LogP contribution in [0.4, 0.5) is 0 Å². The summed E-state index contributed by atoms with van der Waals surface area (Å²) in [5.74, 6) is 0.848. The average molecular weight is 424 g/mol. The predicted molar refractivity (Wildman–Crippen MR) is 128 cm³/mol. The highest BCUT2D eigenvalue weighted by Crippen LogP contribution is 2.38. The molecule has 3 aromatic rings. The van der Waals surface area contributed by atoms with Crippen molar-refractivity contribution >= 4 is 21.6 Å². The van der Waals surface area contributed by atoms with Gasteiger partial charge in [-0.1, -0.05) is 52.0 Å². The molecule has 0 spiro atoms. The van der Waals surface area contributed by atoms with Crippen molar-refractivity contribution in [2.45, 2.75) is 65.3 Å². The van der Waals surface area contributed by atoms with E-state index < -0.39 is 0 Å². The lowest BCUT2D eigenvalue weighted by Crippen LogP contribution is -2.36. The molecule has 4 rings (SSSR count). The molecule has 3 heterocycles. The molecule has 2 aromatic heterocycles. The lowest BCUT2D eigenvalue weighted by Gasteiger charge is -2.31. The fourth-order valence-electron chi connectivity index (χ4n) is 4.58. The van der Waals surface area contributed by atoms with Crippen LogP contribution in [0.1, 0.15) is 62.8 Å². The highest BCUT2D eigenvalue weighted by atomic mass is 32.1. The first-order valence-electron chi connectivity index (χ1n) is 11.0. The van der Waals surface area contributed by atoms with Crippen LogP contribution < -0.4 is 5.56 Å². The van der Waals surface area contributed by atoms with E-state index in [-0.39, 0.29) is 17.0 Å².